The highest BCUT2D eigenvalue weighted by atomic mass is 19.4. The molecular weight excluding hydrogens is 311 g/mol. The molecule has 1 aromatic rings. The van der Waals surface area contributed by atoms with Crippen molar-refractivity contribution in [2.45, 2.75) is 51.1 Å². The topological polar surface area (TPSA) is 49.8 Å². The fourth-order valence-corrected chi connectivity index (χ4v) is 2.68. The number of hydrogen-bond donors (Lipinski definition) is 1. The maximum absolute atomic E-state index is 13.2. The molecule has 2 rings (SSSR count). The third-order valence-corrected chi connectivity index (χ3v) is 3.53. The minimum Gasteiger partial charge on any atom is -0.444 e. The highest BCUT2D eigenvalue weighted by Crippen LogP contribution is 2.40. The van der Waals surface area contributed by atoms with E-state index in [1.807, 2.05) is 0 Å². The Balaban J connectivity index is 2.36. The standard InChI is InChI=1S/C16H20F3NO3/c1-15(2,3)23-14(22)20-9-10(21)8-13(20)11-6-4-5-7-12(11)16(17,18)19/h4-7,10,13,21H,8-9H2,1-3H3. The average Bonchev–Trinajstić information content (AvgIpc) is 2.78. The Morgan fingerprint density at radius 1 is 1.26 bits per heavy atom. The van der Waals surface area contributed by atoms with E-state index in [0.29, 0.717) is 0 Å². The van der Waals surface area contributed by atoms with Gasteiger partial charge in [0.05, 0.1) is 24.3 Å². The van der Waals surface area contributed by atoms with Crippen molar-refractivity contribution >= 4 is 6.09 Å². The predicted molar refractivity (Wildman–Crippen MR) is 77.7 cm³/mol. The van der Waals surface area contributed by atoms with Crippen LogP contribution in [0.5, 0.6) is 0 Å². The second kappa shape index (κ2) is 6.03. The fraction of sp³-hybridized carbons (Fsp3) is 0.562. The number of aliphatic hydroxyl groups excluding tert-OH is 1. The zero-order valence-electron chi connectivity index (χ0n) is 13.2. The molecule has 2 atom stereocenters. The van der Waals surface area contributed by atoms with Crippen LogP contribution in [0.4, 0.5) is 18.0 Å². The lowest BCUT2D eigenvalue weighted by Crippen LogP contribution is -2.37. The number of carbonyl (C=O) groups excluding carboxylic acids is 1. The second-order valence-electron chi connectivity index (χ2n) is 6.62. The van der Waals surface area contributed by atoms with Crippen LogP contribution >= 0.6 is 0 Å². The summed E-state index contributed by atoms with van der Waals surface area (Å²) in [6.07, 6.45) is -6.08. The quantitative estimate of drug-likeness (QED) is 0.853. The van der Waals surface area contributed by atoms with E-state index < -0.39 is 35.6 Å². The van der Waals surface area contributed by atoms with Crippen LogP contribution in [0, 0.1) is 0 Å². The molecule has 1 saturated heterocycles. The summed E-state index contributed by atoms with van der Waals surface area (Å²) in [5, 5.41) is 9.84. The number of hydrogen-bond acceptors (Lipinski definition) is 3. The van der Waals surface area contributed by atoms with Gasteiger partial charge in [-0.25, -0.2) is 4.79 Å². The molecular formula is C16H20F3NO3. The number of ether oxygens (including phenoxy) is 1. The summed E-state index contributed by atoms with van der Waals surface area (Å²) in [7, 11) is 0. The first-order chi connectivity index (χ1) is 10.5. The molecule has 0 aromatic heterocycles. The van der Waals surface area contributed by atoms with Gasteiger partial charge in [0.2, 0.25) is 0 Å². The van der Waals surface area contributed by atoms with Gasteiger partial charge in [-0.1, -0.05) is 18.2 Å². The molecule has 1 aliphatic heterocycles. The molecule has 1 aliphatic rings. The number of β-amino-alcohol motifs (C(OH)–C–C–N with tert-alkyl or cyclic N) is 1. The third-order valence-electron chi connectivity index (χ3n) is 3.53. The van der Waals surface area contributed by atoms with E-state index in [0.717, 1.165) is 6.07 Å². The molecule has 0 saturated carbocycles. The Morgan fingerprint density at radius 2 is 1.87 bits per heavy atom. The summed E-state index contributed by atoms with van der Waals surface area (Å²) in [5.41, 5.74) is -1.59. The minimum absolute atomic E-state index is 0.0255. The molecule has 1 fully saturated rings. The van der Waals surface area contributed by atoms with Gasteiger partial charge in [0.25, 0.3) is 0 Å². The Morgan fingerprint density at radius 3 is 2.43 bits per heavy atom. The lowest BCUT2D eigenvalue weighted by molar-refractivity contribution is -0.138. The minimum atomic E-state index is -4.52. The zero-order chi connectivity index (χ0) is 17.4. The van der Waals surface area contributed by atoms with Crippen LogP contribution in [-0.2, 0) is 10.9 Å². The van der Waals surface area contributed by atoms with Crippen molar-refractivity contribution < 1.29 is 27.8 Å². The lowest BCUT2D eigenvalue weighted by atomic mass is 9.97. The van der Waals surface area contributed by atoms with Crippen LogP contribution in [0.1, 0.15) is 44.4 Å². The largest absolute Gasteiger partial charge is 0.444 e. The summed E-state index contributed by atoms with van der Waals surface area (Å²) in [6, 6.07) is 4.24. The van der Waals surface area contributed by atoms with Crippen molar-refractivity contribution in [2.24, 2.45) is 0 Å². The smallest absolute Gasteiger partial charge is 0.416 e. The van der Waals surface area contributed by atoms with Crippen molar-refractivity contribution in [2.75, 3.05) is 6.54 Å². The number of amides is 1. The molecule has 1 amide bonds. The summed E-state index contributed by atoms with van der Waals surface area (Å²) in [5.74, 6) is 0. The SMILES string of the molecule is CC(C)(C)OC(=O)N1CC(O)CC1c1ccccc1C(F)(F)F. The molecule has 2 unspecified atom stereocenters. The van der Waals surface area contributed by atoms with Crippen molar-refractivity contribution in [3.05, 3.63) is 35.4 Å². The first-order valence-electron chi connectivity index (χ1n) is 7.33. The number of carbonyl (C=O) groups is 1. The van der Waals surface area contributed by atoms with Crippen molar-refractivity contribution in [1.29, 1.82) is 0 Å². The molecule has 128 valence electrons. The molecule has 1 N–H and O–H groups in total. The first kappa shape index (κ1) is 17.6. The Labute approximate surface area is 132 Å². The van der Waals surface area contributed by atoms with E-state index in [1.54, 1.807) is 20.8 Å². The second-order valence-corrected chi connectivity index (χ2v) is 6.62. The van der Waals surface area contributed by atoms with Crippen LogP contribution < -0.4 is 0 Å². The lowest BCUT2D eigenvalue weighted by Gasteiger charge is -2.29. The molecule has 0 bridgehead atoms. The molecule has 23 heavy (non-hydrogen) atoms. The van der Waals surface area contributed by atoms with E-state index in [1.165, 1.54) is 23.1 Å². The van der Waals surface area contributed by atoms with Crippen molar-refractivity contribution in [3.63, 3.8) is 0 Å². The third kappa shape index (κ3) is 4.16. The number of likely N-dealkylation sites (tertiary alicyclic amines) is 1. The molecule has 4 nitrogen and oxygen atoms in total. The normalized spacial score (nSPS) is 22.3. The molecule has 1 heterocycles. The van der Waals surface area contributed by atoms with E-state index in [-0.39, 0.29) is 18.5 Å². The summed E-state index contributed by atoms with van der Waals surface area (Å²) in [4.78, 5) is 13.4. The molecule has 0 radical (unpaired) electrons. The molecule has 1 aromatic carbocycles. The van der Waals surface area contributed by atoms with Crippen molar-refractivity contribution in [3.8, 4) is 0 Å². The van der Waals surface area contributed by atoms with Crippen LogP contribution in [-0.4, -0.2) is 34.3 Å². The first-order valence-corrected chi connectivity index (χ1v) is 7.33. The summed E-state index contributed by atoms with van der Waals surface area (Å²) in [6.45, 7) is 4.98. The van der Waals surface area contributed by atoms with E-state index in [9.17, 15) is 23.1 Å². The van der Waals surface area contributed by atoms with Gasteiger partial charge in [0, 0.05) is 0 Å². The number of nitrogens with zero attached hydrogens (tertiary/aromatic N) is 1. The van der Waals surface area contributed by atoms with Gasteiger partial charge in [-0.15, -0.1) is 0 Å². The van der Waals surface area contributed by atoms with Gasteiger partial charge < -0.3 is 9.84 Å². The van der Waals surface area contributed by atoms with Crippen LogP contribution in [0.25, 0.3) is 0 Å². The molecule has 0 spiro atoms. The van der Waals surface area contributed by atoms with Crippen LogP contribution in [0.2, 0.25) is 0 Å². The predicted octanol–water partition coefficient (Wildman–Crippen LogP) is 3.75. The van der Waals surface area contributed by atoms with E-state index in [4.69, 9.17) is 4.74 Å². The zero-order valence-corrected chi connectivity index (χ0v) is 13.2. The molecule has 7 heteroatoms. The van der Waals surface area contributed by atoms with Gasteiger partial charge in [0.1, 0.15) is 5.60 Å². The Hall–Kier alpha value is -1.76. The Kier molecular flexibility index (Phi) is 4.61. The number of rotatable bonds is 1. The number of alkyl halides is 3. The fourth-order valence-electron chi connectivity index (χ4n) is 2.68. The van der Waals surface area contributed by atoms with Gasteiger partial charge in [-0.3, -0.25) is 4.90 Å². The highest BCUT2D eigenvalue weighted by Gasteiger charge is 2.42. The van der Waals surface area contributed by atoms with Crippen LogP contribution in [0.3, 0.4) is 0 Å². The highest BCUT2D eigenvalue weighted by molar-refractivity contribution is 5.69. The number of benzene rings is 1. The summed E-state index contributed by atoms with van der Waals surface area (Å²) >= 11 is 0. The maximum atomic E-state index is 13.2. The summed E-state index contributed by atoms with van der Waals surface area (Å²) < 4.78 is 44.8. The van der Waals surface area contributed by atoms with E-state index >= 15 is 0 Å². The average molecular weight is 331 g/mol. The number of aliphatic hydroxyl groups is 1. The van der Waals surface area contributed by atoms with Crippen molar-refractivity contribution in [1.82, 2.24) is 4.90 Å². The maximum Gasteiger partial charge on any atom is 0.416 e. The van der Waals surface area contributed by atoms with E-state index in [2.05, 4.69) is 0 Å². The number of halogens is 3. The van der Waals surface area contributed by atoms with Gasteiger partial charge in [0.15, 0.2) is 0 Å². The Bertz CT molecular complexity index is 581. The molecule has 0 aliphatic carbocycles. The van der Waals surface area contributed by atoms with Crippen LogP contribution in [0.15, 0.2) is 24.3 Å². The van der Waals surface area contributed by atoms with Gasteiger partial charge >= 0.3 is 12.3 Å². The van der Waals surface area contributed by atoms with Gasteiger partial charge in [-0.05, 0) is 38.8 Å². The van der Waals surface area contributed by atoms with Gasteiger partial charge in [-0.2, -0.15) is 13.2 Å². The monoisotopic (exact) mass is 331 g/mol.